The van der Waals surface area contributed by atoms with E-state index in [9.17, 15) is 4.79 Å². The molecule has 0 saturated carbocycles. The van der Waals surface area contributed by atoms with Gasteiger partial charge in [0.15, 0.2) is 0 Å². The van der Waals surface area contributed by atoms with Gasteiger partial charge in [-0.2, -0.15) is 11.8 Å². The second-order valence-corrected chi connectivity index (χ2v) is 8.16. The van der Waals surface area contributed by atoms with E-state index in [2.05, 4.69) is 52.6 Å². The van der Waals surface area contributed by atoms with Crippen LogP contribution in [0.15, 0.2) is 24.3 Å². The molecule has 0 bridgehead atoms. The quantitative estimate of drug-likeness (QED) is 0.754. The molecule has 1 amide bonds. The average molecular weight is 362 g/mol. The van der Waals surface area contributed by atoms with Crippen molar-refractivity contribution in [1.29, 1.82) is 0 Å². The van der Waals surface area contributed by atoms with Crippen LogP contribution in [-0.2, 0) is 17.6 Å². The third kappa shape index (κ3) is 4.04. The van der Waals surface area contributed by atoms with Crippen molar-refractivity contribution in [3.8, 4) is 0 Å². The van der Waals surface area contributed by atoms with Crippen LogP contribution in [0, 0.1) is 0 Å². The van der Waals surface area contributed by atoms with E-state index in [0.29, 0.717) is 0 Å². The van der Waals surface area contributed by atoms with Crippen LogP contribution in [-0.4, -0.2) is 72.5 Å². The Morgan fingerprint density at radius 1 is 1.16 bits per heavy atom. The van der Waals surface area contributed by atoms with Gasteiger partial charge in [0.25, 0.3) is 0 Å². The van der Waals surface area contributed by atoms with Crippen molar-refractivity contribution in [2.24, 2.45) is 0 Å². The molecule has 1 aromatic carbocycles. The molecule has 0 spiro atoms. The summed E-state index contributed by atoms with van der Waals surface area (Å²) < 4.78 is 0. The zero-order chi connectivity index (χ0) is 17.7. The predicted octanol–water partition coefficient (Wildman–Crippen LogP) is 2.03. The van der Waals surface area contributed by atoms with Crippen LogP contribution in [0.2, 0.25) is 0 Å². The third-order valence-electron chi connectivity index (χ3n) is 5.74. The molecule has 0 aromatic heterocycles. The van der Waals surface area contributed by atoms with Crippen molar-refractivity contribution in [2.45, 2.75) is 31.7 Å². The van der Waals surface area contributed by atoms with Crippen molar-refractivity contribution in [1.82, 2.24) is 15.1 Å². The number of nitrogens with zero attached hydrogens (tertiary/aromatic N) is 2. The molecule has 1 fully saturated rings. The molecule has 1 N–H and O–H groups in total. The minimum Gasteiger partial charge on any atom is -0.354 e. The lowest BCUT2D eigenvalue weighted by atomic mass is 9.91. The number of thioether (sulfide) groups is 1. The van der Waals surface area contributed by atoms with Crippen molar-refractivity contribution < 1.29 is 4.79 Å². The van der Waals surface area contributed by atoms with Gasteiger partial charge in [-0.05, 0) is 36.1 Å². The molecule has 1 heterocycles. The van der Waals surface area contributed by atoms with Crippen molar-refractivity contribution in [3.05, 3.63) is 35.4 Å². The maximum Gasteiger partial charge on any atom is 0.241 e. The van der Waals surface area contributed by atoms with Crippen LogP contribution in [0.3, 0.4) is 0 Å². The lowest BCUT2D eigenvalue weighted by Gasteiger charge is -2.44. The number of piperazine rings is 1. The number of hydrogen-bond donors (Lipinski definition) is 1. The molecule has 1 aliphatic carbocycles. The van der Waals surface area contributed by atoms with Crippen LogP contribution in [0.25, 0.3) is 0 Å². The number of carbonyl (C=O) groups is 1. The van der Waals surface area contributed by atoms with Gasteiger partial charge in [0, 0.05) is 45.6 Å². The molecule has 1 aliphatic heterocycles. The van der Waals surface area contributed by atoms with Crippen LogP contribution < -0.4 is 5.32 Å². The summed E-state index contributed by atoms with van der Waals surface area (Å²) in [6.45, 7) is 8.20. The van der Waals surface area contributed by atoms with Gasteiger partial charge >= 0.3 is 0 Å². The first kappa shape index (κ1) is 18.7. The van der Waals surface area contributed by atoms with Gasteiger partial charge in [-0.3, -0.25) is 9.69 Å². The maximum atomic E-state index is 13.3. The summed E-state index contributed by atoms with van der Waals surface area (Å²) in [7, 11) is 0. The smallest absolute Gasteiger partial charge is 0.241 e. The molecule has 2 aliphatic rings. The lowest BCUT2D eigenvalue weighted by Crippen LogP contribution is -2.64. The van der Waals surface area contributed by atoms with Gasteiger partial charge in [-0.1, -0.05) is 31.2 Å². The second-order valence-electron chi connectivity index (χ2n) is 7.18. The molecular formula is C20H31N3OS. The highest BCUT2D eigenvalue weighted by atomic mass is 32.2. The molecule has 138 valence electrons. The number of amides is 1. The molecule has 0 atom stereocenters. The van der Waals surface area contributed by atoms with E-state index < -0.39 is 0 Å². The average Bonchev–Trinajstić information content (AvgIpc) is 3.06. The van der Waals surface area contributed by atoms with Gasteiger partial charge in [-0.15, -0.1) is 0 Å². The van der Waals surface area contributed by atoms with Gasteiger partial charge < -0.3 is 10.2 Å². The summed E-state index contributed by atoms with van der Waals surface area (Å²) in [4.78, 5) is 18.2. The monoisotopic (exact) mass is 361 g/mol. The predicted molar refractivity (Wildman–Crippen MR) is 106 cm³/mol. The lowest BCUT2D eigenvalue weighted by molar-refractivity contribution is -0.134. The first-order valence-electron chi connectivity index (χ1n) is 9.51. The van der Waals surface area contributed by atoms with Gasteiger partial charge in [0.2, 0.25) is 5.91 Å². The Balaban J connectivity index is 1.75. The highest BCUT2D eigenvalue weighted by molar-refractivity contribution is 7.98. The van der Waals surface area contributed by atoms with Crippen molar-refractivity contribution >= 4 is 17.7 Å². The zero-order valence-corrected chi connectivity index (χ0v) is 16.4. The molecule has 25 heavy (non-hydrogen) atoms. The largest absolute Gasteiger partial charge is 0.354 e. The molecule has 0 radical (unpaired) electrons. The SMILES string of the molecule is CCN1CCN(C2(C(=O)NCCCSC)Cc3ccccc3C2)CC1. The Kier molecular flexibility index (Phi) is 6.42. The summed E-state index contributed by atoms with van der Waals surface area (Å²) in [6, 6.07) is 8.58. The Bertz CT molecular complexity index is 559. The molecule has 1 saturated heterocycles. The van der Waals surface area contributed by atoms with Crippen LogP contribution in [0.1, 0.15) is 24.5 Å². The first-order chi connectivity index (χ1) is 12.2. The van der Waals surface area contributed by atoms with Crippen LogP contribution >= 0.6 is 11.8 Å². The number of fused-ring (bicyclic) bond motifs is 1. The fraction of sp³-hybridized carbons (Fsp3) is 0.650. The van der Waals surface area contributed by atoms with E-state index >= 15 is 0 Å². The number of benzene rings is 1. The second kappa shape index (κ2) is 8.56. The summed E-state index contributed by atoms with van der Waals surface area (Å²) in [5, 5.41) is 3.25. The number of hydrogen-bond acceptors (Lipinski definition) is 4. The van der Waals surface area contributed by atoms with E-state index in [4.69, 9.17) is 0 Å². The summed E-state index contributed by atoms with van der Waals surface area (Å²) >= 11 is 1.84. The normalized spacial score (nSPS) is 20.4. The number of carbonyl (C=O) groups excluding carboxylic acids is 1. The Morgan fingerprint density at radius 2 is 1.80 bits per heavy atom. The molecule has 5 heteroatoms. The summed E-state index contributed by atoms with van der Waals surface area (Å²) in [5.74, 6) is 1.33. The first-order valence-corrected chi connectivity index (χ1v) is 10.9. The fourth-order valence-electron chi connectivity index (χ4n) is 4.20. The van der Waals surface area contributed by atoms with Crippen molar-refractivity contribution in [2.75, 3.05) is 51.3 Å². The minimum atomic E-state index is -0.386. The van der Waals surface area contributed by atoms with E-state index in [-0.39, 0.29) is 11.4 Å². The van der Waals surface area contributed by atoms with Gasteiger partial charge in [0.1, 0.15) is 5.54 Å². The standard InChI is InChI=1S/C20H31N3OS/c1-3-22-10-12-23(13-11-22)20(19(24)21-9-6-14-25-2)15-17-7-4-5-8-18(17)16-20/h4-5,7-8H,3,6,9-16H2,1-2H3,(H,21,24). The third-order valence-corrected chi connectivity index (χ3v) is 6.44. The molecule has 1 aromatic rings. The Labute approximate surface area is 156 Å². The number of likely N-dealkylation sites (N-methyl/N-ethyl adjacent to an activating group) is 1. The molecule has 3 rings (SSSR count). The van der Waals surface area contributed by atoms with Crippen LogP contribution in [0.4, 0.5) is 0 Å². The van der Waals surface area contributed by atoms with E-state index in [1.165, 1.54) is 11.1 Å². The van der Waals surface area contributed by atoms with Crippen molar-refractivity contribution in [3.63, 3.8) is 0 Å². The Morgan fingerprint density at radius 3 is 2.36 bits per heavy atom. The summed E-state index contributed by atoms with van der Waals surface area (Å²) in [5.41, 5.74) is 2.31. The maximum absolute atomic E-state index is 13.3. The van der Waals surface area contributed by atoms with E-state index in [0.717, 1.165) is 64.3 Å². The molecular weight excluding hydrogens is 330 g/mol. The zero-order valence-electron chi connectivity index (χ0n) is 15.6. The topological polar surface area (TPSA) is 35.6 Å². The minimum absolute atomic E-state index is 0.231. The number of nitrogens with one attached hydrogen (secondary N) is 1. The van der Waals surface area contributed by atoms with Gasteiger partial charge in [0.05, 0.1) is 0 Å². The molecule has 0 unspecified atom stereocenters. The highest BCUT2D eigenvalue weighted by Crippen LogP contribution is 2.35. The van der Waals surface area contributed by atoms with Crippen LogP contribution in [0.5, 0.6) is 0 Å². The van der Waals surface area contributed by atoms with Gasteiger partial charge in [-0.25, -0.2) is 0 Å². The summed E-state index contributed by atoms with van der Waals surface area (Å²) in [6.07, 6.45) is 4.86. The Hall–Kier alpha value is -1.04. The highest BCUT2D eigenvalue weighted by Gasteiger charge is 2.48. The number of rotatable bonds is 7. The fourth-order valence-corrected chi connectivity index (χ4v) is 4.63. The molecule has 4 nitrogen and oxygen atoms in total. The van der Waals surface area contributed by atoms with E-state index in [1.54, 1.807) is 0 Å². The van der Waals surface area contributed by atoms with E-state index in [1.807, 2.05) is 11.8 Å².